The Labute approximate surface area is 187 Å². The molecule has 0 spiro atoms. The van der Waals surface area contributed by atoms with E-state index in [4.69, 9.17) is 14.2 Å². The molecule has 0 amide bonds. The Hall–Kier alpha value is -2.75. The summed E-state index contributed by atoms with van der Waals surface area (Å²) < 4.78 is 47.6. The first kappa shape index (κ1) is 21.1. The van der Waals surface area contributed by atoms with Crippen LogP contribution in [0.4, 0.5) is 0 Å². The van der Waals surface area contributed by atoms with Crippen LogP contribution in [0.2, 0.25) is 0 Å². The summed E-state index contributed by atoms with van der Waals surface area (Å²) in [4.78, 5) is 2.58. The van der Waals surface area contributed by atoms with Crippen molar-refractivity contribution in [3.8, 4) is 17.2 Å². The molecule has 32 heavy (non-hydrogen) atoms. The molecule has 0 atom stereocenters. The van der Waals surface area contributed by atoms with Crippen LogP contribution in [0.15, 0.2) is 53.6 Å². The number of sulfonamides is 1. The molecule has 0 bridgehead atoms. The molecule has 3 heterocycles. The summed E-state index contributed by atoms with van der Waals surface area (Å²) in [5.41, 5.74) is 0.902. The van der Waals surface area contributed by atoms with E-state index in [1.165, 1.54) is 0 Å². The number of likely N-dealkylation sites (tertiary alicyclic amines) is 1. The lowest BCUT2D eigenvalue weighted by molar-refractivity contribution is 0.0835. The maximum absolute atomic E-state index is 12.9. The summed E-state index contributed by atoms with van der Waals surface area (Å²) in [5.74, 6) is 2.38. The molecule has 0 saturated carbocycles. The van der Waals surface area contributed by atoms with Gasteiger partial charge in [0.15, 0.2) is 11.5 Å². The molecular weight excluding hydrogens is 430 g/mol. The third-order valence-corrected chi connectivity index (χ3v) is 7.45. The minimum Gasteiger partial charge on any atom is -0.488 e. The maximum atomic E-state index is 12.9. The van der Waals surface area contributed by atoms with Gasteiger partial charge in [-0.05, 0) is 36.2 Å². The first-order chi connectivity index (χ1) is 15.5. The van der Waals surface area contributed by atoms with Gasteiger partial charge in [0.2, 0.25) is 15.8 Å². The molecule has 2 aliphatic heterocycles. The number of nitrogens with zero attached hydrogens (tertiary/aromatic N) is 2. The number of rotatable bonds is 8. The monoisotopic (exact) mass is 457 g/mol. The fourth-order valence-electron chi connectivity index (χ4n) is 4.25. The van der Waals surface area contributed by atoms with Crippen LogP contribution in [0.3, 0.4) is 0 Å². The zero-order valence-electron chi connectivity index (χ0n) is 18.0. The number of benzene rings is 2. The Morgan fingerprint density at radius 3 is 2.78 bits per heavy atom. The molecule has 1 N–H and O–H groups in total. The first-order valence-electron chi connectivity index (χ1n) is 10.8. The molecule has 5 rings (SSSR count). The molecule has 170 valence electrons. The maximum Gasteiger partial charge on any atom is 0.241 e. The second kappa shape index (κ2) is 8.65. The largest absolute Gasteiger partial charge is 0.488 e. The van der Waals surface area contributed by atoms with Crippen LogP contribution < -0.4 is 18.9 Å². The Morgan fingerprint density at radius 2 is 1.91 bits per heavy atom. The van der Waals surface area contributed by atoms with Gasteiger partial charge in [0.1, 0.15) is 19.8 Å². The van der Waals surface area contributed by atoms with Gasteiger partial charge in [0.05, 0.1) is 4.90 Å². The predicted octanol–water partition coefficient (Wildman–Crippen LogP) is 2.24. The van der Waals surface area contributed by atoms with E-state index in [9.17, 15) is 8.42 Å². The lowest BCUT2D eigenvalue weighted by Gasteiger charge is -2.39. The highest BCUT2D eigenvalue weighted by atomic mass is 32.2. The second-order valence-electron chi connectivity index (χ2n) is 8.22. The van der Waals surface area contributed by atoms with Crippen LogP contribution in [0.1, 0.15) is 0 Å². The number of hydrogen-bond donors (Lipinski definition) is 1. The molecule has 1 saturated heterocycles. The van der Waals surface area contributed by atoms with E-state index in [2.05, 4.69) is 9.62 Å². The minimum absolute atomic E-state index is 0.293. The summed E-state index contributed by atoms with van der Waals surface area (Å²) in [6.07, 6.45) is 1.87. The average molecular weight is 458 g/mol. The van der Waals surface area contributed by atoms with Crippen LogP contribution in [0.25, 0.3) is 10.9 Å². The third-order valence-electron chi connectivity index (χ3n) is 5.97. The van der Waals surface area contributed by atoms with Crippen molar-refractivity contribution in [1.82, 2.24) is 14.2 Å². The normalized spacial score (nSPS) is 16.8. The van der Waals surface area contributed by atoms with Crippen molar-refractivity contribution >= 4 is 20.9 Å². The highest BCUT2D eigenvalue weighted by Crippen LogP contribution is 2.38. The van der Waals surface area contributed by atoms with E-state index < -0.39 is 10.0 Å². The van der Waals surface area contributed by atoms with E-state index >= 15 is 0 Å². The number of aromatic nitrogens is 1. The quantitative estimate of drug-likeness (QED) is 0.559. The summed E-state index contributed by atoms with van der Waals surface area (Å²) in [6, 6.07) is 12.9. The molecule has 8 nitrogen and oxygen atoms in total. The van der Waals surface area contributed by atoms with E-state index in [-0.39, 0.29) is 0 Å². The van der Waals surface area contributed by atoms with Gasteiger partial charge in [-0.1, -0.05) is 12.1 Å². The van der Waals surface area contributed by atoms with Crippen molar-refractivity contribution in [1.29, 1.82) is 0 Å². The Kier molecular flexibility index (Phi) is 5.71. The van der Waals surface area contributed by atoms with Crippen LogP contribution in [-0.2, 0) is 17.1 Å². The number of ether oxygens (including phenoxy) is 3. The van der Waals surface area contributed by atoms with Crippen molar-refractivity contribution in [2.24, 2.45) is 13.0 Å². The Balaban J connectivity index is 1.09. The van der Waals surface area contributed by atoms with Gasteiger partial charge in [-0.3, -0.25) is 4.90 Å². The lowest BCUT2D eigenvalue weighted by Crippen LogP contribution is -2.52. The fourth-order valence-corrected chi connectivity index (χ4v) is 5.58. The van der Waals surface area contributed by atoms with Gasteiger partial charge in [-0.2, -0.15) is 0 Å². The standard InChI is InChI=1S/C23H27N3O5S/c1-25-9-8-18-19(25)4-2-7-22(18)32(27,28)24-14-17-15-26(16-17)10-11-29-20-5-3-6-21-23(20)31-13-12-30-21/h2-9,17,24H,10-16H2,1H3. The molecule has 3 aromatic rings. The first-order valence-corrected chi connectivity index (χ1v) is 12.3. The van der Waals surface area contributed by atoms with Crippen molar-refractivity contribution in [2.45, 2.75) is 4.90 Å². The molecule has 1 fully saturated rings. The number of aryl methyl sites for hydroxylation is 1. The van der Waals surface area contributed by atoms with Gasteiger partial charge in [0, 0.05) is 50.3 Å². The van der Waals surface area contributed by atoms with Gasteiger partial charge in [0.25, 0.3) is 0 Å². The molecule has 0 radical (unpaired) electrons. The van der Waals surface area contributed by atoms with Crippen LogP contribution in [0.5, 0.6) is 17.2 Å². The summed E-state index contributed by atoms with van der Waals surface area (Å²) in [6.45, 7) is 4.50. The number of nitrogens with one attached hydrogen (secondary N) is 1. The highest BCUT2D eigenvalue weighted by molar-refractivity contribution is 7.89. The Morgan fingerprint density at radius 1 is 1.09 bits per heavy atom. The molecular formula is C23H27N3O5S. The zero-order chi connectivity index (χ0) is 22.1. The molecule has 9 heteroatoms. The SMILES string of the molecule is Cn1ccc2c(S(=O)(=O)NCC3CN(CCOc4cccc5c4OCCO5)C3)cccc21. The van der Waals surface area contributed by atoms with Gasteiger partial charge in [-0.15, -0.1) is 0 Å². The van der Waals surface area contributed by atoms with Crippen LogP contribution >= 0.6 is 0 Å². The van der Waals surface area contributed by atoms with Crippen molar-refractivity contribution in [2.75, 3.05) is 46.0 Å². The number of fused-ring (bicyclic) bond motifs is 2. The molecule has 0 aliphatic carbocycles. The second-order valence-corrected chi connectivity index (χ2v) is 9.96. The number of hydrogen-bond acceptors (Lipinski definition) is 6. The summed E-state index contributed by atoms with van der Waals surface area (Å²) >= 11 is 0. The predicted molar refractivity (Wildman–Crippen MR) is 121 cm³/mol. The topological polar surface area (TPSA) is 82.0 Å². The van der Waals surface area contributed by atoms with Crippen LogP contribution in [-0.4, -0.2) is 63.9 Å². The molecule has 2 aromatic carbocycles. The van der Waals surface area contributed by atoms with Gasteiger partial charge >= 0.3 is 0 Å². The third kappa shape index (κ3) is 4.15. The average Bonchev–Trinajstić information content (AvgIpc) is 3.15. The van der Waals surface area contributed by atoms with E-state index in [1.807, 2.05) is 48.1 Å². The Bertz CT molecular complexity index is 1220. The molecule has 2 aliphatic rings. The molecule has 0 unspecified atom stereocenters. The van der Waals surface area contributed by atoms with Crippen molar-refractivity contribution in [3.63, 3.8) is 0 Å². The van der Waals surface area contributed by atoms with E-state index in [1.54, 1.807) is 12.1 Å². The van der Waals surface area contributed by atoms with E-state index in [0.717, 1.165) is 36.3 Å². The van der Waals surface area contributed by atoms with Gasteiger partial charge < -0.3 is 18.8 Å². The summed E-state index contributed by atoms with van der Waals surface area (Å²) in [7, 11) is -1.65. The minimum atomic E-state index is -3.56. The van der Waals surface area contributed by atoms with Crippen molar-refractivity contribution < 1.29 is 22.6 Å². The van der Waals surface area contributed by atoms with Crippen molar-refractivity contribution in [3.05, 3.63) is 48.7 Å². The summed E-state index contributed by atoms with van der Waals surface area (Å²) in [5, 5.41) is 0.743. The smallest absolute Gasteiger partial charge is 0.241 e. The zero-order valence-corrected chi connectivity index (χ0v) is 18.8. The number of para-hydroxylation sites is 1. The highest BCUT2D eigenvalue weighted by Gasteiger charge is 2.28. The van der Waals surface area contributed by atoms with Gasteiger partial charge in [-0.25, -0.2) is 13.1 Å². The van der Waals surface area contributed by atoms with Crippen LogP contribution in [0, 0.1) is 5.92 Å². The fraction of sp³-hybridized carbons (Fsp3) is 0.391. The van der Waals surface area contributed by atoms with E-state index in [0.29, 0.717) is 48.7 Å². The lowest BCUT2D eigenvalue weighted by atomic mass is 10.0. The molecule has 1 aromatic heterocycles.